The van der Waals surface area contributed by atoms with Crippen molar-refractivity contribution in [3.05, 3.63) is 28.3 Å². The number of rotatable bonds is 6. The standard InChI is InChI=1S/C14H16N2O6/c1-8-5-10(8)14(18)22-7-13(17)15-11-4-3-9(16(19)20)6-12(11)21-2/h3-4,6,8,10H,5,7H2,1-2H3,(H,15,17)/t8-,10+/m0/s1. The second kappa shape index (κ2) is 6.42. The molecular weight excluding hydrogens is 292 g/mol. The number of carbonyl (C=O) groups is 2. The van der Waals surface area contributed by atoms with Crippen LogP contribution < -0.4 is 10.1 Å². The number of carbonyl (C=O) groups excluding carboxylic acids is 2. The van der Waals surface area contributed by atoms with Crippen molar-refractivity contribution >= 4 is 23.3 Å². The van der Waals surface area contributed by atoms with Crippen LogP contribution in [-0.2, 0) is 14.3 Å². The van der Waals surface area contributed by atoms with Gasteiger partial charge in [-0.1, -0.05) is 6.92 Å². The Hall–Kier alpha value is -2.64. The number of nitrogens with one attached hydrogen (secondary N) is 1. The molecule has 0 aromatic heterocycles. The molecule has 1 aliphatic carbocycles. The van der Waals surface area contributed by atoms with Crippen LogP contribution in [0, 0.1) is 22.0 Å². The molecule has 2 atom stereocenters. The molecule has 118 valence electrons. The van der Waals surface area contributed by atoms with E-state index in [4.69, 9.17) is 9.47 Å². The van der Waals surface area contributed by atoms with Crippen molar-refractivity contribution in [3.8, 4) is 5.75 Å². The molecule has 0 unspecified atom stereocenters. The molecule has 0 bridgehead atoms. The van der Waals surface area contributed by atoms with E-state index in [-0.39, 0.29) is 29.0 Å². The van der Waals surface area contributed by atoms with Crippen LogP contribution in [0.15, 0.2) is 18.2 Å². The van der Waals surface area contributed by atoms with Gasteiger partial charge in [0.05, 0.1) is 29.7 Å². The topological polar surface area (TPSA) is 108 Å². The summed E-state index contributed by atoms with van der Waals surface area (Å²) in [5.74, 6) is -0.552. The minimum Gasteiger partial charge on any atom is -0.494 e. The molecule has 1 amide bonds. The summed E-state index contributed by atoms with van der Waals surface area (Å²) in [6, 6.07) is 3.81. The predicted octanol–water partition coefficient (Wildman–Crippen LogP) is 1.74. The van der Waals surface area contributed by atoms with E-state index in [1.165, 1.54) is 25.3 Å². The van der Waals surface area contributed by atoms with Gasteiger partial charge < -0.3 is 14.8 Å². The zero-order valence-corrected chi connectivity index (χ0v) is 12.2. The highest BCUT2D eigenvalue weighted by atomic mass is 16.6. The molecular formula is C14H16N2O6. The van der Waals surface area contributed by atoms with Gasteiger partial charge >= 0.3 is 5.97 Å². The fourth-order valence-electron chi connectivity index (χ4n) is 1.98. The minimum absolute atomic E-state index is 0.110. The number of amides is 1. The average Bonchev–Trinajstić information content (AvgIpc) is 3.22. The molecule has 0 aliphatic heterocycles. The van der Waals surface area contributed by atoms with Crippen LogP contribution in [0.25, 0.3) is 0 Å². The lowest BCUT2D eigenvalue weighted by Gasteiger charge is -2.10. The zero-order chi connectivity index (χ0) is 16.3. The second-order valence-corrected chi connectivity index (χ2v) is 5.12. The van der Waals surface area contributed by atoms with Crippen LogP contribution in [0.3, 0.4) is 0 Å². The van der Waals surface area contributed by atoms with E-state index >= 15 is 0 Å². The van der Waals surface area contributed by atoms with E-state index in [2.05, 4.69) is 5.32 Å². The quantitative estimate of drug-likeness (QED) is 0.487. The summed E-state index contributed by atoms with van der Waals surface area (Å²) >= 11 is 0. The molecule has 1 N–H and O–H groups in total. The number of benzene rings is 1. The fraction of sp³-hybridized carbons (Fsp3) is 0.429. The summed E-state index contributed by atoms with van der Waals surface area (Å²) in [5.41, 5.74) is 0.123. The fourth-order valence-corrected chi connectivity index (χ4v) is 1.98. The highest BCUT2D eigenvalue weighted by Gasteiger charge is 2.40. The van der Waals surface area contributed by atoms with Gasteiger partial charge in [-0.25, -0.2) is 0 Å². The lowest BCUT2D eigenvalue weighted by atomic mass is 10.2. The third-order valence-electron chi connectivity index (χ3n) is 3.43. The Balaban J connectivity index is 1.93. The van der Waals surface area contributed by atoms with Crippen molar-refractivity contribution in [2.24, 2.45) is 11.8 Å². The third kappa shape index (κ3) is 3.72. The number of nitro groups is 1. The van der Waals surface area contributed by atoms with Crippen LogP contribution in [0.4, 0.5) is 11.4 Å². The van der Waals surface area contributed by atoms with Gasteiger partial charge in [0.15, 0.2) is 6.61 Å². The normalized spacial score (nSPS) is 19.2. The highest BCUT2D eigenvalue weighted by Crippen LogP contribution is 2.38. The Labute approximate surface area is 126 Å². The smallest absolute Gasteiger partial charge is 0.309 e. The first-order valence-electron chi connectivity index (χ1n) is 6.71. The number of ether oxygens (including phenoxy) is 2. The van der Waals surface area contributed by atoms with Crippen LogP contribution in [0.1, 0.15) is 13.3 Å². The van der Waals surface area contributed by atoms with Crippen molar-refractivity contribution < 1.29 is 24.0 Å². The minimum atomic E-state index is -0.563. The Morgan fingerprint density at radius 3 is 2.68 bits per heavy atom. The number of esters is 1. The average molecular weight is 308 g/mol. The molecule has 0 heterocycles. The number of methoxy groups -OCH3 is 1. The summed E-state index contributed by atoms with van der Waals surface area (Å²) in [5, 5.41) is 13.2. The maximum atomic E-state index is 11.8. The second-order valence-electron chi connectivity index (χ2n) is 5.12. The van der Waals surface area contributed by atoms with Gasteiger partial charge in [-0.15, -0.1) is 0 Å². The van der Waals surface area contributed by atoms with Crippen LogP contribution in [0.5, 0.6) is 5.75 Å². The van der Waals surface area contributed by atoms with Crippen molar-refractivity contribution in [2.75, 3.05) is 19.0 Å². The van der Waals surface area contributed by atoms with Gasteiger partial charge in [-0.3, -0.25) is 19.7 Å². The highest BCUT2D eigenvalue weighted by molar-refractivity contribution is 5.94. The maximum absolute atomic E-state index is 11.8. The van der Waals surface area contributed by atoms with Gasteiger partial charge in [-0.2, -0.15) is 0 Å². The molecule has 0 radical (unpaired) electrons. The van der Waals surface area contributed by atoms with Crippen molar-refractivity contribution in [2.45, 2.75) is 13.3 Å². The zero-order valence-electron chi connectivity index (χ0n) is 12.2. The molecule has 1 aromatic carbocycles. The monoisotopic (exact) mass is 308 g/mol. The summed E-state index contributed by atoms with van der Waals surface area (Å²) in [6.07, 6.45) is 0.788. The number of nitro benzene ring substituents is 1. The first kappa shape index (κ1) is 15.7. The van der Waals surface area contributed by atoms with Crippen LogP contribution >= 0.6 is 0 Å². The summed E-state index contributed by atoms with van der Waals surface area (Å²) < 4.78 is 9.90. The first-order chi connectivity index (χ1) is 10.4. The number of anilines is 1. The first-order valence-corrected chi connectivity index (χ1v) is 6.71. The van der Waals surface area contributed by atoms with Crippen molar-refractivity contribution in [1.29, 1.82) is 0 Å². The van der Waals surface area contributed by atoms with Crippen molar-refractivity contribution in [3.63, 3.8) is 0 Å². The number of non-ortho nitro benzene ring substituents is 1. The Kier molecular flexibility index (Phi) is 4.59. The van der Waals surface area contributed by atoms with Gasteiger partial charge in [0, 0.05) is 6.07 Å². The third-order valence-corrected chi connectivity index (χ3v) is 3.43. The molecule has 1 aliphatic rings. The Morgan fingerprint density at radius 1 is 1.45 bits per heavy atom. The molecule has 1 fully saturated rings. The van der Waals surface area contributed by atoms with E-state index in [0.717, 1.165) is 6.42 Å². The van der Waals surface area contributed by atoms with E-state index in [0.29, 0.717) is 5.92 Å². The summed E-state index contributed by atoms with van der Waals surface area (Å²) in [6.45, 7) is 1.54. The lowest BCUT2D eigenvalue weighted by Crippen LogP contribution is -2.22. The van der Waals surface area contributed by atoms with E-state index in [1.54, 1.807) is 0 Å². The summed E-state index contributed by atoms with van der Waals surface area (Å²) in [4.78, 5) is 33.4. The molecule has 0 saturated heterocycles. The van der Waals surface area contributed by atoms with E-state index in [1.807, 2.05) is 6.92 Å². The summed E-state index contributed by atoms with van der Waals surface area (Å²) in [7, 11) is 1.34. The molecule has 1 aromatic rings. The largest absolute Gasteiger partial charge is 0.494 e. The Bertz CT molecular complexity index is 615. The molecule has 1 saturated carbocycles. The molecule has 8 heteroatoms. The predicted molar refractivity (Wildman–Crippen MR) is 76.5 cm³/mol. The SMILES string of the molecule is COc1cc([N+](=O)[O-])ccc1NC(=O)COC(=O)[C@@H]1C[C@@H]1C. The molecule has 22 heavy (non-hydrogen) atoms. The van der Waals surface area contributed by atoms with E-state index in [9.17, 15) is 19.7 Å². The molecule has 2 rings (SSSR count). The van der Waals surface area contributed by atoms with Gasteiger partial charge in [0.1, 0.15) is 5.75 Å². The number of hydrogen-bond acceptors (Lipinski definition) is 6. The van der Waals surface area contributed by atoms with Gasteiger partial charge in [0.25, 0.3) is 11.6 Å². The van der Waals surface area contributed by atoms with Gasteiger partial charge in [-0.05, 0) is 18.4 Å². The number of hydrogen-bond donors (Lipinski definition) is 1. The van der Waals surface area contributed by atoms with Crippen LogP contribution in [-0.4, -0.2) is 30.5 Å². The van der Waals surface area contributed by atoms with Crippen molar-refractivity contribution in [1.82, 2.24) is 0 Å². The lowest BCUT2D eigenvalue weighted by molar-refractivity contribution is -0.384. The maximum Gasteiger partial charge on any atom is 0.309 e. The number of nitrogens with zero attached hydrogens (tertiary/aromatic N) is 1. The van der Waals surface area contributed by atoms with Crippen LogP contribution in [0.2, 0.25) is 0 Å². The molecule has 8 nitrogen and oxygen atoms in total. The van der Waals surface area contributed by atoms with Gasteiger partial charge in [0.2, 0.25) is 0 Å². The molecule has 0 spiro atoms. The Morgan fingerprint density at radius 2 is 2.14 bits per heavy atom. The van der Waals surface area contributed by atoms with E-state index < -0.39 is 17.4 Å².